The lowest BCUT2D eigenvalue weighted by molar-refractivity contribution is 0.204. The second-order valence-corrected chi connectivity index (χ2v) is 5.18. The van der Waals surface area contributed by atoms with Crippen molar-refractivity contribution in [2.24, 2.45) is 0 Å². The highest BCUT2D eigenvalue weighted by atomic mass is 32.2. The van der Waals surface area contributed by atoms with Crippen LogP contribution >= 0.6 is 11.8 Å². The summed E-state index contributed by atoms with van der Waals surface area (Å²) in [7, 11) is 0. The molecule has 17 heavy (non-hydrogen) atoms. The molecular formula is C14H23NOS. The molecule has 96 valence electrons. The minimum absolute atomic E-state index is 0.335. The number of hydrogen-bond acceptors (Lipinski definition) is 3. The zero-order chi connectivity index (χ0) is 12.5. The maximum atomic E-state index is 9.97. The monoisotopic (exact) mass is 253 g/mol. The first-order valence-corrected chi connectivity index (χ1v) is 7.46. The van der Waals surface area contributed by atoms with E-state index in [0.29, 0.717) is 0 Å². The van der Waals surface area contributed by atoms with Crippen molar-refractivity contribution in [3.8, 4) is 0 Å². The van der Waals surface area contributed by atoms with Crippen molar-refractivity contribution in [2.75, 3.05) is 31.1 Å². The van der Waals surface area contributed by atoms with Gasteiger partial charge in [-0.05, 0) is 18.7 Å². The van der Waals surface area contributed by atoms with Gasteiger partial charge in [-0.15, -0.1) is 0 Å². The first kappa shape index (κ1) is 14.6. The fourth-order valence-corrected chi connectivity index (χ4v) is 2.67. The summed E-state index contributed by atoms with van der Waals surface area (Å²) in [6.45, 7) is 7.70. The van der Waals surface area contributed by atoms with Crippen LogP contribution in [0.3, 0.4) is 0 Å². The number of hydrogen-bond donors (Lipinski definition) is 1. The van der Waals surface area contributed by atoms with Crippen LogP contribution in [0.4, 0.5) is 0 Å². The quantitative estimate of drug-likeness (QED) is 0.721. The summed E-state index contributed by atoms with van der Waals surface area (Å²) in [6.07, 6.45) is -0.335. The first-order chi connectivity index (χ1) is 8.27. The normalized spacial score (nSPS) is 12.9. The highest BCUT2D eigenvalue weighted by molar-refractivity contribution is 7.99. The van der Waals surface area contributed by atoms with E-state index in [2.05, 4.69) is 18.7 Å². The summed E-state index contributed by atoms with van der Waals surface area (Å²) in [5.74, 6) is 1.87. The van der Waals surface area contributed by atoms with E-state index in [1.807, 2.05) is 42.1 Å². The van der Waals surface area contributed by atoms with Crippen molar-refractivity contribution in [1.29, 1.82) is 0 Å². The fraction of sp³-hybridized carbons (Fsp3) is 0.571. The van der Waals surface area contributed by atoms with Crippen molar-refractivity contribution in [3.63, 3.8) is 0 Å². The average molecular weight is 253 g/mol. The molecule has 1 atom stereocenters. The van der Waals surface area contributed by atoms with Gasteiger partial charge in [0.15, 0.2) is 0 Å². The Kier molecular flexibility index (Phi) is 7.33. The molecule has 1 aromatic rings. The van der Waals surface area contributed by atoms with Crippen LogP contribution in [-0.2, 0) is 0 Å². The van der Waals surface area contributed by atoms with Gasteiger partial charge < -0.3 is 10.0 Å². The van der Waals surface area contributed by atoms with Crippen LogP contribution in [0.2, 0.25) is 0 Å². The maximum absolute atomic E-state index is 9.97. The Labute approximate surface area is 109 Å². The van der Waals surface area contributed by atoms with Crippen molar-refractivity contribution < 1.29 is 5.11 Å². The lowest BCUT2D eigenvalue weighted by Gasteiger charge is -2.18. The van der Waals surface area contributed by atoms with E-state index >= 15 is 0 Å². The van der Waals surface area contributed by atoms with Crippen molar-refractivity contribution in [3.05, 3.63) is 35.9 Å². The largest absolute Gasteiger partial charge is 0.388 e. The van der Waals surface area contributed by atoms with E-state index in [1.165, 1.54) is 0 Å². The summed E-state index contributed by atoms with van der Waals surface area (Å²) < 4.78 is 0. The zero-order valence-electron chi connectivity index (χ0n) is 10.8. The molecule has 0 aliphatic heterocycles. The predicted molar refractivity (Wildman–Crippen MR) is 76.5 cm³/mol. The lowest BCUT2D eigenvalue weighted by atomic mass is 10.1. The number of aliphatic hydroxyl groups is 1. The van der Waals surface area contributed by atoms with Gasteiger partial charge in [-0.25, -0.2) is 0 Å². The summed E-state index contributed by atoms with van der Waals surface area (Å²) in [5.41, 5.74) is 1.02. The van der Waals surface area contributed by atoms with Crippen LogP contribution in [0.1, 0.15) is 25.5 Å². The second-order valence-electron chi connectivity index (χ2n) is 4.03. The molecule has 0 aliphatic rings. The molecule has 0 heterocycles. The summed E-state index contributed by atoms with van der Waals surface area (Å²) in [6, 6.07) is 9.88. The van der Waals surface area contributed by atoms with Gasteiger partial charge in [-0.1, -0.05) is 44.2 Å². The molecule has 0 aromatic heterocycles. The van der Waals surface area contributed by atoms with E-state index in [1.54, 1.807) is 0 Å². The van der Waals surface area contributed by atoms with E-state index in [-0.39, 0.29) is 6.10 Å². The summed E-state index contributed by atoms with van der Waals surface area (Å²) in [4.78, 5) is 2.40. The van der Waals surface area contributed by atoms with Crippen LogP contribution in [0.5, 0.6) is 0 Å². The van der Waals surface area contributed by atoms with E-state index in [9.17, 15) is 5.11 Å². The molecule has 0 saturated heterocycles. The Balaban J connectivity index is 2.19. The van der Waals surface area contributed by atoms with Gasteiger partial charge in [-0.3, -0.25) is 0 Å². The van der Waals surface area contributed by atoms with E-state index in [4.69, 9.17) is 0 Å². The molecule has 0 saturated carbocycles. The van der Waals surface area contributed by atoms with Crippen LogP contribution in [0, 0.1) is 0 Å². The molecule has 0 radical (unpaired) electrons. The molecule has 1 unspecified atom stereocenters. The van der Waals surface area contributed by atoms with E-state index in [0.717, 1.165) is 36.7 Å². The predicted octanol–water partition coefficient (Wildman–Crippen LogP) is 2.80. The maximum Gasteiger partial charge on any atom is 0.0880 e. The molecule has 2 nitrogen and oxygen atoms in total. The highest BCUT2D eigenvalue weighted by Crippen LogP contribution is 2.17. The number of benzene rings is 1. The van der Waals surface area contributed by atoms with Gasteiger partial charge in [0.05, 0.1) is 6.10 Å². The minimum Gasteiger partial charge on any atom is -0.388 e. The summed E-state index contributed by atoms with van der Waals surface area (Å²) >= 11 is 1.82. The Morgan fingerprint density at radius 1 is 1.18 bits per heavy atom. The minimum atomic E-state index is -0.335. The highest BCUT2D eigenvalue weighted by Gasteiger charge is 2.06. The molecular weight excluding hydrogens is 230 g/mol. The van der Waals surface area contributed by atoms with E-state index < -0.39 is 0 Å². The lowest BCUT2D eigenvalue weighted by Crippen LogP contribution is -2.25. The molecule has 0 aliphatic carbocycles. The van der Waals surface area contributed by atoms with Gasteiger partial charge in [0.1, 0.15) is 0 Å². The molecule has 0 bridgehead atoms. The fourth-order valence-electron chi connectivity index (χ4n) is 1.70. The van der Waals surface area contributed by atoms with Gasteiger partial charge in [0, 0.05) is 18.1 Å². The Hall–Kier alpha value is -0.510. The number of aliphatic hydroxyl groups excluding tert-OH is 1. The van der Waals surface area contributed by atoms with Crippen molar-refractivity contribution in [1.82, 2.24) is 4.90 Å². The number of nitrogens with zero attached hydrogens (tertiary/aromatic N) is 1. The van der Waals surface area contributed by atoms with Gasteiger partial charge in [-0.2, -0.15) is 11.8 Å². The van der Waals surface area contributed by atoms with Crippen LogP contribution in [-0.4, -0.2) is 41.1 Å². The third-order valence-corrected chi connectivity index (χ3v) is 3.93. The van der Waals surface area contributed by atoms with Crippen LogP contribution < -0.4 is 0 Å². The molecule has 1 rings (SSSR count). The van der Waals surface area contributed by atoms with Crippen LogP contribution in [0.25, 0.3) is 0 Å². The molecule has 0 spiro atoms. The van der Waals surface area contributed by atoms with Gasteiger partial charge >= 0.3 is 0 Å². The standard InChI is InChI=1S/C14H23NOS/c1-3-15(4-2)10-11-17-12-14(16)13-8-6-5-7-9-13/h5-9,14,16H,3-4,10-12H2,1-2H3. The average Bonchev–Trinajstić information content (AvgIpc) is 2.40. The van der Waals surface area contributed by atoms with Crippen molar-refractivity contribution >= 4 is 11.8 Å². The third-order valence-electron chi connectivity index (χ3n) is 2.91. The van der Waals surface area contributed by atoms with Gasteiger partial charge in [0.25, 0.3) is 0 Å². The zero-order valence-corrected chi connectivity index (χ0v) is 11.6. The molecule has 0 amide bonds. The topological polar surface area (TPSA) is 23.5 Å². The molecule has 1 N–H and O–H groups in total. The molecule has 1 aromatic carbocycles. The summed E-state index contributed by atoms with van der Waals surface area (Å²) in [5, 5.41) is 9.97. The number of thioether (sulfide) groups is 1. The third kappa shape index (κ3) is 5.57. The molecule has 3 heteroatoms. The van der Waals surface area contributed by atoms with Crippen LogP contribution in [0.15, 0.2) is 30.3 Å². The Bertz CT molecular complexity index is 288. The Morgan fingerprint density at radius 2 is 1.82 bits per heavy atom. The van der Waals surface area contributed by atoms with Gasteiger partial charge in [0.2, 0.25) is 0 Å². The Morgan fingerprint density at radius 3 is 2.41 bits per heavy atom. The first-order valence-electron chi connectivity index (χ1n) is 6.31. The molecule has 0 fully saturated rings. The number of rotatable bonds is 8. The smallest absolute Gasteiger partial charge is 0.0880 e. The van der Waals surface area contributed by atoms with Crippen molar-refractivity contribution in [2.45, 2.75) is 20.0 Å². The second kappa shape index (κ2) is 8.56. The SMILES string of the molecule is CCN(CC)CCSCC(O)c1ccccc1.